The Kier molecular flexibility index (Phi) is 19.7. The molecule has 22 heteroatoms. The first kappa shape index (κ1) is 47.3. The van der Waals surface area contributed by atoms with Crippen molar-refractivity contribution in [2.45, 2.75) is 27.7 Å². The Morgan fingerprint density at radius 2 is 0.815 bits per heavy atom. The quantitative estimate of drug-likeness (QED) is 0.0385. The molecule has 0 bridgehead atoms. The van der Waals surface area contributed by atoms with Gasteiger partial charge in [-0.25, -0.2) is 0 Å². The summed E-state index contributed by atoms with van der Waals surface area (Å²) in [4.78, 5) is 34.1. The summed E-state index contributed by atoms with van der Waals surface area (Å²) in [5.74, 6) is 0. The molecule has 4 aromatic heterocycles. The zero-order valence-corrected chi connectivity index (χ0v) is 32.0. The summed E-state index contributed by atoms with van der Waals surface area (Å²) in [5.41, 5.74) is 3.21. The second-order valence-electron chi connectivity index (χ2n) is 9.93. The summed E-state index contributed by atoms with van der Waals surface area (Å²) in [7, 11) is -6.64. The standard InChI is InChI=1S/2C16H17N2O3P.Cu.2NO3.H2O/c2*1-3-20-22(19,21-4-2)14-10-13-8-7-12-6-5-9-17-15(12)16(13)18-11-14;;2*2-1(3)4;/h2*5-11H,3-4H2,1-2H3;;;;1H2/q;;+2;2*-1;/p+1. The van der Waals surface area contributed by atoms with E-state index in [0.717, 1.165) is 43.6 Å². The summed E-state index contributed by atoms with van der Waals surface area (Å²) in [6.45, 7) is 8.41. The number of hydrogen-bond acceptors (Lipinski definition) is 16. The van der Waals surface area contributed by atoms with Crippen LogP contribution in [0.4, 0.5) is 0 Å². The molecule has 0 amide bonds. The summed E-state index contributed by atoms with van der Waals surface area (Å²) < 4.78 is 47.1. The van der Waals surface area contributed by atoms with Gasteiger partial charge >= 0.3 is 32.3 Å². The van der Waals surface area contributed by atoms with Crippen LogP contribution in [-0.2, 0) is 49.8 Å². The molecule has 2 aromatic carbocycles. The third-order valence-corrected chi connectivity index (χ3v) is 10.8. The molecule has 0 aliphatic rings. The molecule has 3 N–H and O–H groups in total. The minimum Gasteiger partial charge on any atom is -0.457 e. The van der Waals surface area contributed by atoms with E-state index in [2.05, 4.69) is 19.9 Å². The molecule has 6 aromatic rings. The summed E-state index contributed by atoms with van der Waals surface area (Å²) >= 11 is 0. The molecule has 0 spiro atoms. The van der Waals surface area contributed by atoms with Crippen LogP contribution in [0.25, 0.3) is 43.6 Å². The van der Waals surface area contributed by atoms with Crippen LogP contribution in [-0.4, -0.2) is 56.5 Å². The van der Waals surface area contributed by atoms with Crippen molar-refractivity contribution in [2.75, 3.05) is 26.4 Å². The number of aromatic nitrogens is 4. The molecule has 0 fully saturated rings. The third-order valence-electron chi connectivity index (χ3n) is 6.65. The van der Waals surface area contributed by atoms with E-state index in [1.807, 2.05) is 60.7 Å². The summed E-state index contributed by atoms with van der Waals surface area (Å²) in [6, 6.07) is 19.2. The Morgan fingerprint density at radius 3 is 1.11 bits per heavy atom. The fourth-order valence-corrected chi connectivity index (χ4v) is 7.90. The van der Waals surface area contributed by atoms with Gasteiger partial charge in [-0.1, -0.05) is 36.4 Å². The molecule has 0 aliphatic heterocycles. The first-order valence-corrected chi connectivity index (χ1v) is 18.6. The van der Waals surface area contributed by atoms with Gasteiger partial charge in [0.05, 0.1) is 69.3 Å². The number of pyridine rings is 4. The Labute approximate surface area is 318 Å². The van der Waals surface area contributed by atoms with Gasteiger partial charge in [-0.05, 0) is 52.0 Å². The zero-order valence-electron chi connectivity index (χ0n) is 29.3. The Bertz CT molecular complexity index is 2070. The van der Waals surface area contributed by atoms with Gasteiger partial charge in [0.25, 0.3) is 0 Å². The fourth-order valence-electron chi connectivity index (χ4n) is 4.80. The van der Waals surface area contributed by atoms with E-state index in [4.69, 9.17) is 48.7 Å². The Balaban J connectivity index is 0.000000437. The molecule has 1 radical (unpaired) electrons. The Morgan fingerprint density at radius 1 is 0.537 bits per heavy atom. The summed E-state index contributed by atoms with van der Waals surface area (Å²) in [6.07, 6.45) is 6.59. The maximum Gasteiger partial charge on any atom is 2.00 e. The number of fused-ring (bicyclic) bond motifs is 6. The van der Waals surface area contributed by atoms with E-state index in [-0.39, 0.29) is 22.5 Å². The maximum absolute atomic E-state index is 12.8. The molecule has 4 heterocycles. The largest absolute Gasteiger partial charge is 2.00 e. The van der Waals surface area contributed by atoms with Crippen LogP contribution in [0.1, 0.15) is 27.7 Å². The molecule has 0 saturated heterocycles. The van der Waals surface area contributed by atoms with Gasteiger partial charge in [-0.3, -0.25) is 29.1 Å². The average Bonchev–Trinajstić information content (AvgIpc) is 3.11. The van der Waals surface area contributed by atoms with Crippen LogP contribution < -0.4 is 10.6 Å². The number of rotatable bonds is 10. The predicted octanol–water partition coefficient (Wildman–Crippen LogP) is 5.95. The van der Waals surface area contributed by atoms with Gasteiger partial charge in [0.2, 0.25) is 0 Å². The number of benzene rings is 2. The van der Waals surface area contributed by atoms with E-state index in [0.29, 0.717) is 37.0 Å². The molecule has 54 heavy (non-hydrogen) atoms. The van der Waals surface area contributed by atoms with Crippen molar-refractivity contribution >= 4 is 69.4 Å². The van der Waals surface area contributed by atoms with Gasteiger partial charge in [0.15, 0.2) is 0 Å². The SMILES string of the molecule is CCOP(=O)(OCC)c1cnc2c(ccc3cccnc32)c1.CCOP(=O)(OCC)c1cnc2c(ccc3cccnc32)c1.O=[N+]([O-])[O-].O=[N+]([O-])[O-].[Cu+2].[OH3+]. The van der Waals surface area contributed by atoms with Crippen molar-refractivity contribution in [2.24, 2.45) is 0 Å². The second-order valence-corrected chi connectivity index (χ2v) is 14.0. The van der Waals surface area contributed by atoms with Crippen LogP contribution in [0, 0.1) is 30.6 Å². The van der Waals surface area contributed by atoms with Gasteiger partial charge in [-0.15, -0.1) is 0 Å². The van der Waals surface area contributed by atoms with E-state index >= 15 is 0 Å². The fraction of sp³-hybridized carbons (Fsp3) is 0.250. The van der Waals surface area contributed by atoms with Gasteiger partial charge in [-0.2, -0.15) is 0 Å². The normalized spacial score (nSPS) is 10.7. The van der Waals surface area contributed by atoms with Gasteiger partial charge in [0.1, 0.15) is 0 Å². The van der Waals surface area contributed by atoms with Crippen molar-refractivity contribution in [1.29, 1.82) is 0 Å². The predicted molar refractivity (Wildman–Crippen MR) is 201 cm³/mol. The smallest absolute Gasteiger partial charge is 0.457 e. The van der Waals surface area contributed by atoms with Crippen molar-refractivity contribution in [3.05, 3.63) is 116 Å². The van der Waals surface area contributed by atoms with Crippen LogP contribution in [0.2, 0.25) is 0 Å². The van der Waals surface area contributed by atoms with E-state index in [1.165, 1.54) is 0 Å². The average molecular weight is 839 g/mol. The molecule has 0 atom stereocenters. The third kappa shape index (κ3) is 12.7. The van der Waals surface area contributed by atoms with Crippen LogP contribution in [0.3, 0.4) is 0 Å². The van der Waals surface area contributed by atoms with Crippen molar-refractivity contribution in [1.82, 2.24) is 19.9 Å². The van der Waals surface area contributed by atoms with Crippen LogP contribution in [0.5, 0.6) is 0 Å². The van der Waals surface area contributed by atoms with E-state index in [1.54, 1.807) is 52.5 Å². The Hall–Kier alpha value is -4.74. The monoisotopic (exact) mass is 838 g/mol. The van der Waals surface area contributed by atoms with Crippen molar-refractivity contribution < 1.29 is 59.9 Å². The molecular formula is C32H37CuN6O13P2+. The topological polar surface area (TPSA) is 288 Å². The van der Waals surface area contributed by atoms with Gasteiger partial charge < -0.3 is 54.2 Å². The van der Waals surface area contributed by atoms with Gasteiger partial charge in [0, 0.05) is 46.3 Å². The maximum atomic E-state index is 12.8. The molecule has 0 unspecified atom stereocenters. The first-order chi connectivity index (χ1) is 24.8. The minimum absolute atomic E-state index is 0. The first-order valence-electron chi connectivity index (χ1n) is 15.5. The van der Waals surface area contributed by atoms with E-state index < -0.39 is 25.4 Å². The van der Waals surface area contributed by atoms with Crippen molar-refractivity contribution in [3.63, 3.8) is 0 Å². The molecule has 293 valence electrons. The molecular weight excluding hydrogens is 802 g/mol. The van der Waals surface area contributed by atoms with E-state index in [9.17, 15) is 9.13 Å². The molecule has 19 nitrogen and oxygen atoms in total. The van der Waals surface area contributed by atoms with Crippen LogP contribution in [0.15, 0.2) is 85.5 Å². The molecule has 0 aliphatic carbocycles. The second kappa shape index (κ2) is 22.5. The number of hydrogen-bond donors (Lipinski definition) is 0. The van der Waals surface area contributed by atoms with Crippen molar-refractivity contribution in [3.8, 4) is 0 Å². The molecule has 6 rings (SSSR count). The summed E-state index contributed by atoms with van der Waals surface area (Å²) in [5, 5.41) is 34.2. The molecule has 0 saturated carbocycles. The minimum atomic E-state index is -3.32. The van der Waals surface area contributed by atoms with Crippen LogP contribution >= 0.6 is 15.2 Å². The number of nitrogens with zero attached hydrogens (tertiary/aromatic N) is 6. The zero-order chi connectivity index (χ0) is 38.3.